The van der Waals surface area contributed by atoms with Crippen LogP contribution in [0.25, 0.3) is 11.2 Å². The van der Waals surface area contributed by atoms with Crippen molar-refractivity contribution in [3.8, 4) is 0 Å². The topological polar surface area (TPSA) is 145 Å². The fourth-order valence-corrected chi connectivity index (χ4v) is 2.83. The van der Waals surface area contributed by atoms with Crippen LogP contribution in [0, 0.1) is 6.92 Å². The Balaban J connectivity index is 1.54. The summed E-state index contributed by atoms with van der Waals surface area (Å²) >= 11 is 0. The van der Waals surface area contributed by atoms with Gasteiger partial charge in [-0.25, -0.2) is 9.97 Å². The molecule has 0 aliphatic carbocycles. The normalized spacial score (nSPS) is 19.1. The number of aryl methyl sites for hydroxylation is 1. The average Bonchev–Trinajstić information content (AvgIpc) is 3.14. The van der Waals surface area contributed by atoms with Crippen LogP contribution in [0.3, 0.4) is 0 Å². The van der Waals surface area contributed by atoms with Crippen molar-refractivity contribution in [1.29, 1.82) is 0 Å². The lowest BCUT2D eigenvalue weighted by Crippen LogP contribution is -2.38. The molecular weight excluding hydrogens is 312 g/mol. The molecule has 10 heteroatoms. The van der Waals surface area contributed by atoms with Crippen molar-refractivity contribution in [2.45, 2.75) is 19.6 Å². The molecule has 0 spiro atoms. The Morgan fingerprint density at radius 2 is 2.17 bits per heavy atom. The van der Waals surface area contributed by atoms with E-state index in [1.54, 1.807) is 6.26 Å². The third-order valence-electron chi connectivity index (χ3n) is 3.92. The van der Waals surface area contributed by atoms with E-state index < -0.39 is 0 Å². The highest BCUT2D eigenvalue weighted by Crippen LogP contribution is 2.24. The molecule has 10 nitrogen and oxygen atoms in total. The summed E-state index contributed by atoms with van der Waals surface area (Å²) in [5, 5.41) is 0. The Bertz CT molecular complexity index is 873. The van der Waals surface area contributed by atoms with Gasteiger partial charge in [-0.15, -0.1) is 0 Å². The van der Waals surface area contributed by atoms with Crippen LogP contribution in [-0.4, -0.2) is 49.5 Å². The van der Waals surface area contributed by atoms with E-state index in [9.17, 15) is 0 Å². The molecule has 3 aromatic rings. The van der Waals surface area contributed by atoms with Gasteiger partial charge in [0, 0.05) is 26.6 Å². The SMILES string of the molecule is Cc1nc(CN2CCOC(c3nc4nc(N)nc(N)c4[nH]3)C2)co1. The minimum atomic E-state index is -0.207. The number of H-pyrrole nitrogens is 1. The van der Waals surface area contributed by atoms with Crippen LogP contribution < -0.4 is 11.5 Å². The summed E-state index contributed by atoms with van der Waals surface area (Å²) in [4.78, 5) is 22.2. The maximum atomic E-state index is 5.86. The number of ether oxygens (including phenoxy) is 1. The van der Waals surface area contributed by atoms with Crippen LogP contribution >= 0.6 is 0 Å². The second-order valence-corrected chi connectivity index (χ2v) is 5.74. The highest BCUT2D eigenvalue weighted by molar-refractivity contribution is 5.82. The number of morpholine rings is 1. The van der Waals surface area contributed by atoms with Crippen LogP contribution in [-0.2, 0) is 11.3 Å². The summed E-state index contributed by atoms with van der Waals surface area (Å²) in [7, 11) is 0. The summed E-state index contributed by atoms with van der Waals surface area (Å²) in [6, 6.07) is 0. The molecule has 24 heavy (non-hydrogen) atoms. The van der Waals surface area contributed by atoms with E-state index in [4.69, 9.17) is 20.6 Å². The number of aromatic nitrogens is 5. The van der Waals surface area contributed by atoms with Crippen molar-refractivity contribution in [2.75, 3.05) is 31.2 Å². The molecule has 0 bridgehead atoms. The summed E-state index contributed by atoms with van der Waals surface area (Å²) in [5.41, 5.74) is 13.4. The van der Waals surface area contributed by atoms with Crippen molar-refractivity contribution in [3.63, 3.8) is 0 Å². The lowest BCUT2D eigenvalue weighted by molar-refractivity contribution is -0.0370. The largest absolute Gasteiger partial charge is 0.449 e. The van der Waals surface area contributed by atoms with Crippen LogP contribution in [0.2, 0.25) is 0 Å². The number of nitrogen functional groups attached to an aromatic ring is 2. The number of anilines is 2. The fourth-order valence-electron chi connectivity index (χ4n) is 2.83. The molecule has 1 atom stereocenters. The predicted octanol–water partition coefficient (Wildman–Crippen LogP) is 0.387. The van der Waals surface area contributed by atoms with E-state index in [1.165, 1.54) is 0 Å². The molecule has 4 rings (SSSR count). The highest BCUT2D eigenvalue weighted by Gasteiger charge is 2.26. The van der Waals surface area contributed by atoms with Crippen molar-refractivity contribution < 1.29 is 9.15 Å². The van der Waals surface area contributed by atoms with Gasteiger partial charge in [-0.3, -0.25) is 4.90 Å². The van der Waals surface area contributed by atoms with Gasteiger partial charge in [0.05, 0.1) is 12.3 Å². The minimum absolute atomic E-state index is 0.102. The highest BCUT2D eigenvalue weighted by atomic mass is 16.5. The number of nitrogens with one attached hydrogen (secondary N) is 1. The molecule has 0 radical (unpaired) electrons. The fraction of sp³-hybridized carbons (Fsp3) is 0.429. The molecule has 5 N–H and O–H groups in total. The Morgan fingerprint density at radius 1 is 1.29 bits per heavy atom. The standard InChI is InChI=1S/C14H18N8O2/c1-7-17-8(6-24-7)4-22-2-3-23-9(5-22)12-18-10-11(15)19-14(16)21-13(10)20-12/h6,9H,2-5H2,1H3,(H5,15,16,18,19,20,21). The molecule has 0 aromatic carbocycles. The maximum Gasteiger partial charge on any atom is 0.224 e. The van der Waals surface area contributed by atoms with Gasteiger partial charge in [-0.2, -0.15) is 9.97 Å². The Morgan fingerprint density at radius 3 is 2.96 bits per heavy atom. The molecule has 1 saturated heterocycles. The molecule has 4 heterocycles. The third-order valence-corrected chi connectivity index (χ3v) is 3.92. The second kappa shape index (κ2) is 5.73. The Hall–Kier alpha value is -2.72. The van der Waals surface area contributed by atoms with Crippen molar-refractivity contribution in [1.82, 2.24) is 29.8 Å². The Kier molecular flexibility index (Phi) is 3.54. The lowest BCUT2D eigenvalue weighted by Gasteiger charge is -2.31. The lowest BCUT2D eigenvalue weighted by atomic mass is 10.2. The smallest absolute Gasteiger partial charge is 0.224 e. The summed E-state index contributed by atoms with van der Waals surface area (Å²) in [6.45, 7) is 4.62. The number of nitrogens with zero attached hydrogens (tertiary/aromatic N) is 5. The van der Waals surface area contributed by atoms with E-state index in [2.05, 4.69) is 29.8 Å². The van der Waals surface area contributed by atoms with Crippen LogP contribution in [0.1, 0.15) is 23.5 Å². The zero-order chi connectivity index (χ0) is 16.7. The van der Waals surface area contributed by atoms with Crippen molar-refractivity contribution in [3.05, 3.63) is 23.7 Å². The van der Waals surface area contributed by atoms with Crippen LogP contribution in [0.4, 0.5) is 11.8 Å². The first-order chi connectivity index (χ1) is 11.6. The van der Waals surface area contributed by atoms with Gasteiger partial charge in [-0.1, -0.05) is 0 Å². The van der Waals surface area contributed by atoms with Gasteiger partial charge in [0.25, 0.3) is 0 Å². The van der Waals surface area contributed by atoms with E-state index in [0.717, 1.165) is 12.2 Å². The molecule has 3 aromatic heterocycles. The maximum absolute atomic E-state index is 5.86. The average molecular weight is 330 g/mol. The number of aromatic amines is 1. The number of nitrogens with two attached hydrogens (primary N) is 2. The molecule has 0 amide bonds. The van der Waals surface area contributed by atoms with Gasteiger partial charge in [0.2, 0.25) is 5.95 Å². The van der Waals surface area contributed by atoms with E-state index in [0.29, 0.717) is 42.6 Å². The molecule has 1 aliphatic heterocycles. The monoisotopic (exact) mass is 330 g/mol. The quantitative estimate of drug-likeness (QED) is 0.620. The Labute approximate surface area is 137 Å². The molecule has 126 valence electrons. The number of oxazole rings is 1. The molecule has 1 aliphatic rings. The van der Waals surface area contributed by atoms with Gasteiger partial charge < -0.3 is 25.6 Å². The zero-order valence-corrected chi connectivity index (χ0v) is 13.2. The number of hydrogen-bond acceptors (Lipinski definition) is 9. The van der Waals surface area contributed by atoms with Crippen molar-refractivity contribution >= 4 is 22.9 Å². The minimum Gasteiger partial charge on any atom is -0.449 e. The summed E-state index contributed by atoms with van der Waals surface area (Å²) < 4.78 is 11.1. The molecular formula is C14H18N8O2. The summed E-state index contributed by atoms with van der Waals surface area (Å²) in [5.74, 6) is 1.71. The number of imidazole rings is 1. The number of fused-ring (bicyclic) bond motifs is 1. The van der Waals surface area contributed by atoms with Crippen molar-refractivity contribution in [2.24, 2.45) is 0 Å². The predicted molar refractivity (Wildman–Crippen MR) is 85.7 cm³/mol. The van der Waals surface area contributed by atoms with Gasteiger partial charge >= 0.3 is 0 Å². The molecule has 0 saturated carbocycles. The number of rotatable bonds is 3. The molecule has 1 fully saturated rings. The second-order valence-electron chi connectivity index (χ2n) is 5.74. The first kappa shape index (κ1) is 14.8. The first-order valence-electron chi connectivity index (χ1n) is 7.62. The van der Waals surface area contributed by atoms with E-state index >= 15 is 0 Å². The van der Waals surface area contributed by atoms with Gasteiger partial charge in [-0.05, 0) is 0 Å². The third kappa shape index (κ3) is 2.76. The molecule has 1 unspecified atom stereocenters. The van der Waals surface area contributed by atoms with Gasteiger partial charge in [0.15, 0.2) is 17.4 Å². The van der Waals surface area contributed by atoms with E-state index in [1.807, 2.05) is 6.92 Å². The summed E-state index contributed by atoms with van der Waals surface area (Å²) in [6.07, 6.45) is 1.47. The zero-order valence-electron chi connectivity index (χ0n) is 13.2. The van der Waals surface area contributed by atoms with E-state index in [-0.39, 0.29) is 17.9 Å². The van der Waals surface area contributed by atoms with Crippen LogP contribution in [0.5, 0.6) is 0 Å². The van der Waals surface area contributed by atoms with Crippen LogP contribution in [0.15, 0.2) is 10.7 Å². The first-order valence-corrected chi connectivity index (χ1v) is 7.62. The number of hydrogen-bond donors (Lipinski definition) is 3. The van der Waals surface area contributed by atoms with Gasteiger partial charge in [0.1, 0.15) is 23.7 Å².